The van der Waals surface area contributed by atoms with Crippen molar-refractivity contribution in [1.29, 1.82) is 0 Å². The lowest BCUT2D eigenvalue weighted by Gasteiger charge is -2.24. The zero-order chi connectivity index (χ0) is 21.0. The van der Waals surface area contributed by atoms with E-state index in [9.17, 15) is 13.2 Å². The number of hydrogen-bond donors (Lipinski definition) is 1. The molecule has 1 saturated heterocycles. The SMILES string of the molecule is CCn1cc(C(=O)NCc2ccc(C(C)C)cc2)c(S(=O)(=O)N2CCSCC2)n1. The lowest BCUT2D eigenvalue weighted by atomic mass is 10.0. The molecule has 2 heterocycles. The molecule has 1 aliphatic heterocycles. The van der Waals surface area contributed by atoms with E-state index < -0.39 is 15.9 Å². The highest BCUT2D eigenvalue weighted by molar-refractivity contribution is 7.99. The molecule has 0 radical (unpaired) electrons. The van der Waals surface area contributed by atoms with Gasteiger partial charge < -0.3 is 5.32 Å². The van der Waals surface area contributed by atoms with Crippen LogP contribution in [0.1, 0.15) is 48.2 Å². The summed E-state index contributed by atoms with van der Waals surface area (Å²) in [5.41, 5.74) is 2.30. The molecule has 1 aromatic heterocycles. The first-order chi connectivity index (χ1) is 13.8. The number of rotatable bonds is 7. The third-order valence-corrected chi connectivity index (χ3v) is 7.73. The van der Waals surface area contributed by atoms with Crippen LogP contribution in [-0.4, -0.2) is 53.0 Å². The van der Waals surface area contributed by atoms with E-state index in [2.05, 4.69) is 24.3 Å². The Hall–Kier alpha value is -1.84. The topological polar surface area (TPSA) is 84.3 Å². The number of nitrogens with zero attached hydrogens (tertiary/aromatic N) is 3. The summed E-state index contributed by atoms with van der Waals surface area (Å²) in [4.78, 5) is 12.8. The first-order valence-electron chi connectivity index (χ1n) is 9.85. The molecule has 1 N–H and O–H groups in total. The van der Waals surface area contributed by atoms with Gasteiger partial charge in [-0.05, 0) is 24.0 Å². The van der Waals surface area contributed by atoms with Gasteiger partial charge in [0.15, 0.2) is 0 Å². The normalized spacial score (nSPS) is 15.6. The molecule has 1 amide bonds. The van der Waals surface area contributed by atoms with Gasteiger partial charge in [-0.15, -0.1) is 0 Å². The second kappa shape index (κ2) is 9.32. The average Bonchev–Trinajstić information content (AvgIpc) is 3.18. The molecule has 1 aromatic carbocycles. The molecule has 158 valence electrons. The van der Waals surface area contributed by atoms with Crippen LogP contribution in [0.15, 0.2) is 35.5 Å². The highest BCUT2D eigenvalue weighted by Crippen LogP contribution is 2.22. The fourth-order valence-electron chi connectivity index (χ4n) is 3.12. The molecule has 0 atom stereocenters. The summed E-state index contributed by atoms with van der Waals surface area (Å²) >= 11 is 1.73. The van der Waals surface area contributed by atoms with E-state index in [1.165, 1.54) is 20.7 Å². The van der Waals surface area contributed by atoms with Crippen molar-refractivity contribution in [3.8, 4) is 0 Å². The van der Waals surface area contributed by atoms with Crippen molar-refractivity contribution < 1.29 is 13.2 Å². The molecule has 0 saturated carbocycles. The van der Waals surface area contributed by atoms with Crippen molar-refractivity contribution in [2.75, 3.05) is 24.6 Å². The Bertz CT molecular complexity index is 947. The Morgan fingerprint density at radius 2 is 1.86 bits per heavy atom. The lowest BCUT2D eigenvalue weighted by molar-refractivity contribution is 0.0947. The van der Waals surface area contributed by atoms with Crippen molar-refractivity contribution in [2.45, 2.75) is 44.8 Å². The molecule has 9 heteroatoms. The number of hydrogen-bond acceptors (Lipinski definition) is 5. The molecule has 29 heavy (non-hydrogen) atoms. The number of thioether (sulfide) groups is 1. The fraction of sp³-hybridized carbons (Fsp3) is 0.500. The molecule has 0 spiro atoms. The quantitative estimate of drug-likeness (QED) is 0.721. The predicted octanol–water partition coefficient (Wildman–Crippen LogP) is 2.69. The number of carbonyl (C=O) groups excluding carboxylic acids is 1. The van der Waals surface area contributed by atoms with E-state index in [-0.39, 0.29) is 10.6 Å². The average molecular weight is 437 g/mol. The molecule has 0 bridgehead atoms. The smallest absolute Gasteiger partial charge is 0.263 e. The standard InChI is InChI=1S/C20H28N4O3S2/c1-4-23-14-18(20(22-23)29(26,27)24-9-11-28-12-10-24)19(25)21-13-16-5-7-17(8-6-16)15(2)3/h5-8,14-15H,4,9-13H2,1-3H3,(H,21,25). The Kier molecular flexibility index (Phi) is 7.02. The minimum Gasteiger partial charge on any atom is -0.348 e. The third-order valence-electron chi connectivity index (χ3n) is 4.95. The molecule has 7 nitrogen and oxygen atoms in total. The van der Waals surface area contributed by atoms with E-state index >= 15 is 0 Å². The first-order valence-corrected chi connectivity index (χ1v) is 12.4. The van der Waals surface area contributed by atoms with Gasteiger partial charge in [0.1, 0.15) is 0 Å². The van der Waals surface area contributed by atoms with Gasteiger partial charge >= 0.3 is 0 Å². The number of amides is 1. The fourth-order valence-corrected chi connectivity index (χ4v) is 5.79. The summed E-state index contributed by atoms with van der Waals surface area (Å²) < 4.78 is 29.1. The van der Waals surface area contributed by atoms with E-state index in [1.807, 2.05) is 31.2 Å². The van der Waals surface area contributed by atoms with Crippen LogP contribution in [0.5, 0.6) is 0 Å². The minimum atomic E-state index is -3.80. The van der Waals surface area contributed by atoms with Crippen molar-refractivity contribution >= 4 is 27.7 Å². The Morgan fingerprint density at radius 3 is 2.45 bits per heavy atom. The van der Waals surface area contributed by atoms with Gasteiger partial charge in [0.2, 0.25) is 5.03 Å². The summed E-state index contributed by atoms with van der Waals surface area (Å²) in [5, 5.41) is 6.89. The number of aromatic nitrogens is 2. The monoisotopic (exact) mass is 436 g/mol. The maximum Gasteiger partial charge on any atom is 0.263 e. The third kappa shape index (κ3) is 5.02. The Labute approximate surface area is 176 Å². The van der Waals surface area contributed by atoms with Gasteiger partial charge in [-0.25, -0.2) is 8.42 Å². The summed E-state index contributed by atoms with van der Waals surface area (Å²) in [6.07, 6.45) is 1.52. The van der Waals surface area contributed by atoms with Gasteiger partial charge in [0.05, 0.1) is 5.56 Å². The van der Waals surface area contributed by atoms with Crippen LogP contribution in [0, 0.1) is 0 Å². The number of benzene rings is 1. The molecular formula is C20H28N4O3S2. The molecule has 1 fully saturated rings. The van der Waals surface area contributed by atoms with Crippen molar-refractivity contribution in [2.24, 2.45) is 0 Å². The van der Waals surface area contributed by atoms with Gasteiger partial charge in [-0.3, -0.25) is 9.48 Å². The zero-order valence-corrected chi connectivity index (χ0v) is 18.7. The van der Waals surface area contributed by atoms with Crippen molar-refractivity contribution in [3.63, 3.8) is 0 Å². The van der Waals surface area contributed by atoms with Crippen LogP contribution in [-0.2, 0) is 23.1 Å². The largest absolute Gasteiger partial charge is 0.348 e. The predicted molar refractivity (Wildman–Crippen MR) is 116 cm³/mol. The maximum atomic E-state index is 13.1. The molecule has 0 aliphatic carbocycles. The molecule has 3 rings (SSSR count). The van der Waals surface area contributed by atoms with E-state index in [0.29, 0.717) is 32.1 Å². The maximum absolute atomic E-state index is 13.1. The first kappa shape index (κ1) is 21.9. The summed E-state index contributed by atoms with van der Waals surface area (Å²) in [5.74, 6) is 1.52. The van der Waals surface area contributed by atoms with Crippen LogP contribution in [0.25, 0.3) is 0 Å². The second-order valence-electron chi connectivity index (χ2n) is 7.30. The van der Waals surface area contributed by atoms with Crippen LogP contribution in [0.3, 0.4) is 0 Å². The summed E-state index contributed by atoms with van der Waals surface area (Å²) in [6.45, 7) is 7.82. The number of carbonyl (C=O) groups is 1. The van der Waals surface area contributed by atoms with Crippen LogP contribution >= 0.6 is 11.8 Å². The number of nitrogens with one attached hydrogen (secondary N) is 1. The van der Waals surface area contributed by atoms with Crippen molar-refractivity contribution in [3.05, 3.63) is 47.2 Å². The van der Waals surface area contributed by atoms with Crippen LogP contribution < -0.4 is 5.32 Å². The highest BCUT2D eigenvalue weighted by Gasteiger charge is 2.33. The van der Waals surface area contributed by atoms with Gasteiger partial charge in [-0.1, -0.05) is 38.1 Å². The van der Waals surface area contributed by atoms with Crippen LogP contribution in [0.2, 0.25) is 0 Å². The highest BCUT2D eigenvalue weighted by atomic mass is 32.2. The zero-order valence-electron chi connectivity index (χ0n) is 17.1. The van der Waals surface area contributed by atoms with Gasteiger partial charge in [-0.2, -0.15) is 21.2 Å². The van der Waals surface area contributed by atoms with E-state index in [1.54, 1.807) is 11.8 Å². The number of aryl methyl sites for hydroxylation is 1. The Balaban J connectivity index is 1.78. The molecule has 0 unspecified atom stereocenters. The minimum absolute atomic E-state index is 0.101. The van der Waals surface area contributed by atoms with E-state index in [0.717, 1.165) is 17.1 Å². The number of sulfonamides is 1. The molecule has 1 aliphatic rings. The molecular weight excluding hydrogens is 408 g/mol. The van der Waals surface area contributed by atoms with E-state index in [4.69, 9.17) is 0 Å². The second-order valence-corrected chi connectivity index (χ2v) is 10.4. The van der Waals surface area contributed by atoms with Gasteiger partial charge in [0.25, 0.3) is 15.9 Å². The molecule has 2 aromatic rings. The Morgan fingerprint density at radius 1 is 1.21 bits per heavy atom. The van der Waals surface area contributed by atoms with Crippen LogP contribution in [0.4, 0.5) is 0 Å². The summed E-state index contributed by atoms with van der Waals surface area (Å²) in [7, 11) is -3.80. The van der Waals surface area contributed by atoms with Crippen molar-refractivity contribution in [1.82, 2.24) is 19.4 Å². The van der Waals surface area contributed by atoms with Gasteiger partial charge in [0, 0.05) is 43.9 Å². The lowest BCUT2D eigenvalue weighted by Crippen LogP contribution is -2.39. The summed E-state index contributed by atoms with van der Waals surface area (Å²) in [6, 6.07) is 8.05.